The van der Waals surface area contributed by atoms with Gasteiger partial charge in [-0.2, -0.15) is 0 Å². The maximum atomic E-state index is 13.7. The Bertz CT molecular complexity index is 1960. The Morgan fingerprint density at radius 3 is 1.86 bits per heavy atom. The van der Waals surface area contributed by atoms with Crippen molar-refractivity contribution in [3.8, 4) is 11.1 Å². The molecule has 2 aliphatic heterocycles. The molecule has 222 valence electrons. The number of imide groups is 1. The van der Waals surface area contributed by atoms with Crippen molar-refractivity contribution >= 4 is 54.9 Å². The van der Waals surface area contributed by atoms with E-state index in [0.29, 0.717) is 23.6 Å². The predicted octanol–water partition coefficient (Wildman–Crippen LogP) is 10.0. The second-order valence-corrected chi connectivity index (χ2v) is 12.3. The highest BCUT2D eigenvalue weighted by atomic mass is 16.5. The smallest absolute Gasteiger partial charge is 0.261 e. The van der Waals surface area contributed by atoms with E-state index in [4.69, 9.17) is 4.74 Å². The molecule has 0 N–H and O–H groups in total. The number of benzene rings is 6. The fourth-order valence-corrected chi connectivity index (χ4v) is 7.20. The number of unbranched alkanes of at least 4 members (excludes halogenated alkanes) is 1. The average Bonchev–Trinajstić information content (AvgIpc) is 3.66. The molecule has 1 saturated heterocycles. The van der Waals surface area contributed by atoms with Gasteiger partial charge >= 0.3 is 0 Å². The van der Waals surface area contributed by atoms with Crippen LogP contribution in [0, 0.1) is 5.92 Å². The van der Waals surface area contributed by atoms with Crippen molar-refractivity contribution in [2.24, 2.45) is 5.92 Å². The van der Waals surface area contributed by atoms with E-state index < -0.39 is 0 Å². The lowest BCUT2D eigenvalue weighted by Crippen LogP contribution is -2.43. The highest BCUT2D eigenvalue weighted by molar-refractivity contribution is 6.29. The fourth-order valence-electron chi connectivity index (χ4n) is 7.20. The van der Waals surface area contributed by atoms with Crippen molar-refractivity contribution in [1.29, 1.82) is 0 Å². The molecule has 2 amide bonds. The van der Waals surface area contributed by atoms with Gasteiger partial charge in [0, 0.05) is 36.3 Å². The monoisotopic (exact) mass is 581 g/mol. The zero-order valence-corrected chi connectivity index (χ0v) is 25.7. The van der Waals surface area contributed by atoms with Crippen molar-refractivity contribution in [2.75, 3.05) is 19.8 Å². The molecule has 0 unspecified atom stereocenters. The molecule has 0 bridgehead atoms. The first kappa shape index (κ1) is 28.5. The summed E-state index contributed by atoms with van der Waals surface area (Å²) in [5.74, 6) is -0.00348. The summed E-state index contributed by atoms with van der Waals surface area (Å²) in [5, 5.41) is 9.17. The lowest BCUT2D eigenvalue weighted by molar-refractivity contribution is 0.0580. The van der Waals surface area contributed by atoms with E-state index in [-0.39, 0.29) is 11.8 Å². The van der Waals surface area contributed by atoms with Crippen LogP contribution in [0.15, 0.2) is 84.9 Å². The van der Waals surface area contributed by atoms with Gasteiger partial charge in [-0.15, -0.1) is 0 Å². The fraction of sp³-hybridized carbons (Fsp3) is 0.300. The van der Waals surface area contributed by atoms with Crippen molar-refractivity contribution in [3.63, 3.8) is 0 Å². The first-order valence-electron chi connectivity index (χ1n) is 16.3. The highest BCUT2D eigenvalue weighted by Gasteiger charge is 2.34. The maximum absolute atomic E-state index is 13.7. The van der Waals surface area contributed by atoms with Gasteiger partial charge in [0.25, 0.3) is 11.8 Å². The van der Waals surface area contributed by atoms with Gasteiger partial charge in [0.15, 0.2) is 0 Å². The summed E-state index contributed by atoms with van der Waals surface area (Å²) < 4.78 is 4.94. The number of rotatable bonds is 7. The minimum absolute atomic E-state index is 0.166. The normalized spacial score (nSPS) is 15.5. The number of ether oxygens (including phenoxy) is 1. The number of hydrogen-bond donors (Lipinski definition) is 0. The number of amides is 2. The summed E-state index contributed by atoms with van der Waals surface area (Å²) in [4.78, 5) is 29.0. The second-order valence-electron chi connectivity index (χ2n) is 12.3. The topological polar surface area (TPSA) is 46.6 Å². The van der Waals surface area contributed by atoms with E-state index >= 15 is 0 Å². The molecule has 0 saturated carbocycles. The van der Waals surface area contributed by atoms with E-state index in [0.717, 1.165) is 60.8 Å². The number of nitrogens with zero attached hydrogens (tertiary/aromatic N) is 1. The highest BCUT2D eigenvalue weighted by Crippen LogP contribution is 2.43. The standard InChI is InChI=1S/C36H31NO2.C4H8O/c1-3-5-8-22(4-2)21-37-35(38)30-12-7-11-28-27(19-20-31(34(28)30)36(37)39)26-17-15-25-14-13-23-9-6-10-24-16-18-29(26)33(25)32(23)24;1-2-4-5-3-1/h6-7,9-20,22H,3-5,8,21H2,1-2H3;1-4H2/t22-;/m0./s1. The molecule has 0 aliphatic carbocycles. The Kier molecular flexibility index (Phi) is 7.78. The van der Waals surface area contributed by atoms with Gasteiger partial charge in [0.05, 0.1) is 0 Å². The summed E-state index contributed by atoms with van der Waals surface area (Å²) >= 11 is 0. The van der Waals surface area contributed by atoms with Crippen molar-refractivity contribution in [1.82, 2.24) is 4.90 Å². The van der Waals surface area contributed by atoms with E-state index in [9.17, 15) is 9.59 Å². The first-order chi connectivity index (χ1) is 21.6. The minimum Gasteiger partial charge on any atom is -0.381 e. The second kappa shape index (κ2) is 12.0. The van der Waals surface area contributed by atoms with E-state index in [2.05, 4.69) is 80.6 Å². The van der Waals surface area contributed by atoms with Crippen LogP contribution in [-0.2, 0) is 4.74 Å². The van der Waals surface area contributed by atoms with Gasteiger partial charge in [-0.25, -0.2) is 0 Å². The Morgan fingerprint density at radius 1 is 0.636 bits per heavy atom. The van der Waals surface area contributed by atoms with Crippen LogP contribution in [-0.4, -0.2) is 36.5 Å². The lowest BCUT2D eigenvalue weighted by Gasteiger charge is -2.30. The largest absolute Gasteiger partial charge is 0.381 e. The van der Waals surface area contributed by atoms with Crippen LogP contribution in [0.4, 0.5) is 0 Å². The van der Waals surface area contributed by atoms with Crippen molar-refractivity contribution < 1.29 is 14.3 Å². The Balaban J connectivity index is 0.000000571. The zero-order valence-electron chi connectivity index (χ0n) is 25.7. The summed E-state index contributed by atoms with van der Waals surface area (Å²) in [5.41, 5.74) is 3.44. The van der Waals surface area contributed by atoms with Crippen molar-refractivity contribution in [2.45, 2.75) is 52.4 Å². The Labute approximate surface area is 258 Å². The first-order valence-corrected chi connectivity index (χ1v) is 16.3. The van der Waals surface area contributed by atoms with Gasteiger partial charge in [-0.3, -0.25) is 14.5 Å². The molecule has 0 spiro atoms. The molecule has 4 heteroatoms. The number of hydrogen-bond acceptors (Lipinski definition) is 3. The van der Waals surface area contributed by atoms with E-state index in [1.165, 1.54) is 50.1 Å². The van der Waals surface area contributed by atoms with Gasteiger partial charge in [-0.05, 0) is 86.1 Å². The molecular weight excluding hydrogens is 542 g/mol. The summed E-state index contributed by atoms with van der Waals surface area (Å²) in [6.07, 6.45) is 6.78. The van der Waals surface area contributed by atoms with Crippen molar-refractivity contribution in [3.05, 3.63) is 96.1 Å². The quantitative estimate of drug-likeness (QED) is 0.139. The van der Waals surface area contributed by atoms with Crippen LogP contribution in [0.3, 0.4) is 0 Å². The minimum atomic E-state index is -0.166. The van der Waals surface area contributed by atoms with Gasteiger partial charge in [0.2, 0.25) is 0 Å². The van der Waals surface area contributed by atoms with Gasteiger partial charge < -0.3 is 4.74 Å². The maximum Gasteiger partial charge on any atom is 0.261 e. The van der Waals surface area contributed by atoms with E-state index in [1.54, 1.807) is 0 Å². The van der Waals surface area contributed by atoms with E-state index in [1.807, 2.05) is 18.2 Å². The molecule has 8 rings (SSSR count). The molecular formula is C40H39NO3. The molecule has 6 aromatic rings. The van der Waals surface area contributed by atoms with Gasteiger partial charge in [-0.1, -0.05) is 106 Å². The third kappa shape index (κ3) is 4.82. The molecule has 1 fully saturated rings. The molecule has 4 nitrogen and oxygen atoms in total. The number of carbonyl (C=O) groups is 2. The SMILES string of the molecule is C1CCOC1.CCCC[C@H](CC)CN1C(=O)c2cccc3c(-c4ccc5ccc6cccc7ccc4c5c67)ccc(c23)C1=O. The summed E-state index contributed by atoms with van der Waals surface area (Å²) in [6.45, 7) is 6.82. The summed E-state index contributed by atoms with van der Waals surface area (Å²) in [6, 6.07) is 29.6. The molecule has 44 heavy (non-hydrogen) atoms. The Morgan fingerprint density at radius 2 is 1.20 bits per heavy atom. The summed E-state index contributed by atoms with van der Waals surface area (Å²) in [7, 11) is 0. The molecule has 6 aromatic carbocycles. The van der Waals surface area contributed by atoms with Crippen LogP contribution in [0.1, 0.15) is 73.1 Å². The third-order valence-electron chi connectivity index (χ3n) is 9.62. The molecule has 2 aliphatic rings. The Hall–Kier alpha value is -4.28. The third-order valence-corrected chi connectivity index (χ3v) is 9.62. The lowest BCUT2D eigenvalue weighted by atomic mass is 9.85. The average molecular weight is 582 g/mol. The molecule has 1 atom stereocenters. The van der Waals surface area contributed by atoms with Crippen LogP contribution in [0.25, 0.3) is 54.2 Å². The van der Waals surface area contributed by atoms with Crippen LogP contribution >= 0.6 is 0 Å². The van der Waals surface area contributed by atoms with Crippen LogP contribution in [0.5, 0.6) is 0 Å². The number of carbonyl (C=O) groups excluding carboxylic acids is 2. The zero-order chi connectivity index (χ0) is 30.2. The molecule has 2 heterocycles. The van der Waals surface area contributed by atoms with Crippen LogP contribution in [0.2, 0.25) is 0 Å². The molecule has 0 aromatic heterocycles. The molecule has 0 radical (unpaired) electrons. The predicted molar refractivity (Wildman–Crippen MR) is 182 cm³/mol. The van der Waals surface area contributed by atoms with Gasteiger partial charge in [0.1, 0.15) is 0 Å². The van der Waals surface area contributed by atoms with Crippen LogP contribution < -0.4 is 0 Å².